The molecule has 0 amide bonds. The predicted octanol–water partition coefficient (Wildman–Crippen LogP) is 2.57. The van der Waals surface area contributed by atoms with Crippen molar-refractivity contribution in [1.82, 2.24) is 5.43 Å². The molecule has 0 aliphatic carbocycles. The molecular formula is C14H21N4P. The Labute approximate surface area is 115 Å². The minimum absolute atomic E-state index is 0.544. The van der Waals surface area contributed by atoms with Crippen LogP contribution in [0, 0.1) is 5.41 Å². The fourth-order valence-corrected chi connectivity index (χ4v) is 2.82. The van der Waals surface area contributed by atoms with E-state index in [2.05, 4.69) is 18.1 Å². The number of hydrazine groups is 1. The summed E-state index contributed by atoms with van der Waals surface area (Å²) in [5, 5.41) is 8.33. The first-order valence-corrected chi connectivity index (χ1v) is 7.61. The van der Waals surface area contributed by atoms with Crippen LogP contribution in [0.2, 0.25) is 0 Å². The minimum atomic E-state index is -0.778. The van der Waals surface area contributed by atoms with Crippen LogP contribution >= 0.6 is 8.07 Å². The van der Waals surface area contributed by atoms with Crippen LogP contribution in [-0.2, 0) is 6.16 Å². The number of rotatable bonds is 7. The van der Waals surface area contributed by atoms with Crippen LogP contribution in [0.3, 0.4) is 0 Å². The van der Waals surface area contributed by atoms with Crippen LogP contribution in [0.4, 0.5) is 0 Å². The molecule has 0 saturated heterocycles. The van der Waals surface area contributed by atoms with Gasteiger partial charge in [-0.3, -0.25) is 11.3 Å². The summed E-state index contributed by atoms with van der Waals surface area (Å²) in [4.78, 5) is 0. The van der Waals surface area contributed by atoms with Crippen molar-refractivity contribution < 1.29 is 0 Å². The number of nitrogens with two attached hydrogens (primary N) is 2. The number of benzene rings is 1. The molecule has 0 heterocycles. The van der Waals surface area contributed by atoms with E-state index in [1.807, 2.05) is 31.2 Å². The number of allylic oxidation sites excluding steroid dienone is 2. The molecule has 0 aromatic heterocycles. The Hall–Kier alpha value is -1.32. The first kappa shape index (κ1) is 15.7. The largest absolute Gasteiger partial charge is 0.308 e. The lowest BCUT2D eigenvalue weighted by Gasteiger charge is -2.15. The lowest BCUT2D eigenvalue weighted by molar-refractivity contribution is 0.816. The van der Waals surface area contributed by atoms with Crippen LogP contribution in [-0.4, -0.2) is 12.8 Å². The Balaban J connectivity index is 2.83. The maximum absolute atomic E-state index is 7.38. The molecule has 6 N–H and O–H groups in total. The Kier molecular flexibility index (Phi) is 6.60. The first-order valence-electron chi connectivity index (χ1n) is 6.02. The van der Waals surface area contributed by atoms with E-state index in [4.69, 9.17) is 16.8 Å². The summed E-state index contributed by atoms with van der Waals surface area (Å²) >= 11 is 0. The SMILES string of the molecule is C=C(CNN)P(N)Cc1cccc(/C(C=N)=C/C)c1. The van der Waals surface area contributed by atoms with E-state index in [-0.39, 0.29) is 0 Å². The van der Waals surface area contributed by atoms with Gasteiger partial charge < -0.3 is 10.9 Å². The number of hydrogen-bond acceptors (Lipinski definition) is 4. The molecule has 19 heavy (non-hydrogen) atoms. The van der Waals surface area contributed by atoms with Gasteiger partial charge in [-0.1, -0.05) is 36.9 Å². The van der Waals surface area contributed by atoms with Crippen molar-refractivity contribution in [3.8, 4) is 0 Å². The molecule has 1 unspecified atom stereocenters. The Bertz CT molecular complexity index is 482. The highest BCUT2D eigenvalue weighted by Gasteiger charge is 2.08. The molecular weight excluding hydrogens is 255 g/mol. The molecule has 1 aromatic rings. The zero-order chi connectivity index (χ0) is 14.3. The van der Waals surface area contributed by atoms with Gasteiger partial charge in [0.1, 0.15) is 0 Å². The average Bonchev–Trinajstić information content (AvgIpc) is 2.41. The van der Waals surface area contributed by atoms with Crippen LogP contribution in [0.25, 0.3) is 5.57 Å². The first-order chi connectivity index (χ1) is 9.12. The molecule has 0 spiro atoms. The van der Waals surface area contributed by atoms with Gasteiger partial charge in [0, 0.05) is 18.9 Å². The van der Waals surface area contributed by atoms with Gasteiger partial charge in [0.2, 0.25) is 0 Å². The lowest BCUT2D eigenvalue weighted by atomic mass is 10.0. The zero-order valence-corrected chi connectivity index (χ0v) is 12.1. The molecule has 5 heteroatoms. The van der Waals surface area contributed by atoms with Crippen molar-refractivity contribution in [1.29, 1.82) is 5.41 Å². The molecule has 0 aliphatic rings. The zero-order valence-electron chi connectivity index (χ0n) is 11.2. The number of nitrogens with one attached hydrogen (secondary N) is 2. The average molecular weight is 276 g/mol. The molecule has 0 saturated carbocycles. The van der Waals surface area contributed by atoms with E-state index in [0.29, 0.717) is 6.54 Å². The van der Waals surface area contributed by atoms with Gasteiger partial charge in [0.25, 0.3) is 0 Å². The van der Waals surface area contributed by atoms with Crippen LogP contribution in [0.5, 0.6) is 0 Å². The maximum Gasteiger partial charge on any atom is 0.0359 e. The summed E-state index contributed by atoms with van der Waals surface area (Å²) in [6.07, 6.45) is 4.06. The van der Waals surface area contributed by atoms with E-state index in [9.17, 15) is 0 Å². The van der Waals surface area contributed by atoms with Crippen LogP contribution in [0.1, 0.15) is 18.1 Å². The Morgan fingerprint density at radius 3 is 2.84 bits per heavy atom. The van der Waals surface area contributed by atoms with Crippen molar-refractivity contribution in [3.63, 3.8) is 0 Å². The standard InChI is InChI=1S/C14H21N4P/c1-3-13(8-15)14-6-4-5-12(7-14)10-19(17)11(2)9-18-16/h3-8,15,18H,2,9-10,16-17H2,1H3/b13-3+,15-8?. The van der Waals surface area contributed by atoms with Crippen molar-refractivity contribution >= 4 is 19.9 Å². The fraction of sp³-hybridized carbons (Fsp3) is 0.214. The van der Waals surface area contributed by atoms with Gasteiger partial charge in [0.05, 0.1) is 0 Å². The van der Waals surface area contributed by atoms with E-state index in [0.717, 1.165) is 28.2 Å². The molecule has 0 fully saturated rings. The molecule has 0 radical (unpaired) electrons. The van der Waals surface area contributed by atoms with Gasteiger partial charge in [-0.2, -0.15) is 0 Å². The Morgan fingerprint density at radius 1 is 1.53 bits per heavy atom. The summed E-state index contributed by atoms with van der Waals surface area (Å²) in [6, 6.07) is 8.11. The summed E-state index contributed by atoms with van der Waals surface area (Å²) < 4.78 is 0. The highest BCUT2D eigenvalue weighted by atomic mass is 31.1. The summed E-state index contributed by atoms with van der Waals surface area (Å²) in [7, 11) is -0.778. The molecule has 1 aromatic carbocycles. The minimum Gasteiger partial charge on any atom is -0.308 e. The third kappa shape index (κ3) is 4.69. The third-order valence-electron chi connectivity index (χ3n) is 2.79. The Morgan fingerprint density at radius 2 is 2.26 bits per heavy atom. The molecule has 0 aliphatic heterocycles. The quantitative estimate of drug-likeness (QED) is 0.267. The van der Waals surface area contributed by atoms with Gasteiger partial charge in [0.15, 0.2) is 0 Å². The summed E-state index contributed by atoms with van der Waals surface area (Å²) in [6.45, 7) is 6.42. The second kappa shape index (κ2) is 7.97. The van der Waals surface area contributed by atoms with Crippen LogP contribution < -0.4 is 16.8 Å². The molecule has 0 bridgehead atoms. The van der Waals surface area contributed by atoms with Crippen molar-refractivity contribution in [2.75, 3.05) is 6.54 Å². The molecule has 1 rings (SSSR count). The summed E-state index contributed by atoms with van der Waals surface area (Å²) in [5.41, 5.74) is 11.8. The van der Waals surface area contributed by atoms with Crippen molar-refractivity contribution in [2.24, 2.45) is 11.3 Å². The topological polar surface area (TPSA) is 87.9 Å². The van der Waals surface area contributed by atoms with Gasteiger partial charge >= 0.3 is 0 Å². The normalized spacial score (nSPS) is 13.1. The second-order valence-corrected chi connectivity index (χ2v) is 6.05. The van der Waals surface area contributed by atoms with E-state index < -0.39 is 8.07 Å². The third-order valence-corrected chi connectivity index (χ3v) is 4.47. The lowest BCUT2D eigenvalue weighted by Crippen LogP contribution is -2.24. The second-order valence-electron chi connectivity index (χ2n) is 4.16. The van der Waals surface area contributed by atoms with Crippen molar-refractivity contribution in [2.45, 2.75) is 13.1 Å². The van der Waals surface area contributed by atoms with Gasteiger partial charge in [-0.05, 0) is 37.0 Å². The summed E-state index contributed by atoms with van der Waals surface area (Å²) in [5.74, 6) is 5.27. The van der Waals surface area contributed by atoms with E-state index >= 15 is 0 Å². The number of hydrogen-bond donors (Lipinski definition) is 4. The van der Waals surface area contributed by atoms with Gasteiger partial charge in [-0.15, -0.1) is 0 Å². The molecule has 1 atom stereocenters. The monoisotopic (exact) mass is 276 g/mol. The predicted molar refractivity (Wildman–Crippen MR) is 85.0 cm³/mol. The highest BCUT2D eigenvalue weighted by Crippen LogP contribution is 2.38. The highest BCUT2D eigenvalue weighted by molar-refractivity contribution is 7.58. The van der Waals surface area contributed by atoms with E-state index in [1.54, 1.807) is 0 Å². The molecule has 4 nitrogen and oxygen atoms in total. The fourth-order valence-electron chi connectivity index (χ4n) is 1.71. The van der Waals surface area contributed by atoms with Gasteiger partial charge in [-0.25, -0.2) is 0 Å². The van der Waals surface area contributed by atoms with E-state index in [1.165, 1.54) is 6.21 Å². The smallest absolute Gasteiger partial charge is 0.0359 e. The van der Waals surface area contributed by atoms with Crippen LogP contribution in [0.15, 0.2) is 42.2 Å². The maximum atomic E-state index is 7.38. The van der Waals surface area contributed by atoms with Crippen molar-refractivity contribution in [3.05, 3.63) is 53.4 Å². The molecule has 102 valence electrons.